The molecule has 1 N–H and O–H groups in total. The fraction of sp³-hybridized carbons (Fsp3) is 0.333. The van der Waals surface area contributed by atoms with E-state index in [1.165, 1.54) is 12.1 Å². The molecule has 28 heavy (non-hydrogen) atoms. The molecule has 1 fully saturated rings. The zero-order chi connectivity index (χ0) is 19.5. The number of benzene rings is 2. The first-order chi connectivity index (χ1) is 13.6. The van der Waals surface area contributed by atoms with Gasteiger partial charge >= 0.3 is 0 Å². The summed E-state index contributed by atoms with van der Waals surface area (Å²) >= 11 is 0. The molecule has 6 nitrogen and oxygen atoms in total. The Balaban J connectivity index is 1.36. The van der Waals surface area contributed by atoms with Crippen molar-refractivity contribution < 1.29 is 23.5 Å². The lowest BCUT2D eigenvalue weighted by molar-refractivity contribution is -0.124. The van der Waals surface area contributed by atoms with Crippen molar-refractivity contribution in [3.63, 3.8) is 0 Å². The number of amides is 2. The maximum atomic E-state index is 13.0. The number of halogens is 1. The number of ether oxygens (including phenoxy) is 2. The number of fused-ring (bicyclic) bond motifs is 1. The summed E-state index contributed by atoms with van der Waals surface area (Å²) in [6, 6.07) is 10.8. The van der Waals surface area contributed by atoms with Gasteiger partial charge in [-0.15, -0.1) is 0 Å². The van der Waals surface area contributed by atoms with Gasteiger partial charge < -0.3 is 19.7 Å². The van der Waals surface area contributed by atoms with Gasteiger partial charge in [-0.25, -0.2) is 4.39 Å². The van der Waals surface area contributed by atoms with E-state index >= 15 is 0 Å². The largest absolute Gasteiger partial charge is 0.454 e. The lowest BCUT2D eigenvalue weighted by atomic mass is 10.1. The normalized spacial score (nSPS) is 17.6. The van der Waals surface area contributed by atoms with E-state index in [4.69, 9.17) is 9.47 Å². The van der Waals surface area contributed by atoms with Crippen molar-refractivity contribution in [2.45, 2.75) is 25.3 Å². The van der Waals surface area contributed by atoms with Gasteiger partial charge in [0, 0.05) is 18.7 Å². The van der Waals surface area contributed by atoms with Crippen LogP contribution in [0.15, 0.2) is 42.5 Å². The number of carbonyl (C=O) groups excluding carboxylic acids is 2. The van der Waals surface area contributed by atoms with Crippen LogP contribution in [0.1, 0.15) is 28.8 Å². The van der Waals surface area contributed by atoms with Crippen LogP contribution in [0.3, 0.4) is 0 Å². The van der Waals surface area contributed by atoms with Crippen LogP contribution in [0, 0.1) is 5.82 Å². The third-order valence-electron chi connectivity index (χ3n) is 5.06. The van der Waals surface area contributed by atoms with Gasteiger partial charge in [0.1, 0.15) is 11.9 Å². The topological polar surface area (TPSA) is 67.9 Å². The van der Waals surface area contributed by atoms with E-state index in [0.717, 1.165) is 12.0 Å². The molecule has 1 atom stereocenters. The van der Waals surface area contributed by atoms with Crippen molar-refractivity contribution in [3.8, 4) is 11.5 Å². The minimum absolute atomic E-state index is 0.149. The van der Waals surface area contributed by atoms with Gasteiger partial charge in [-0.3, -0.25) is 9.59 Å². The van der Waals surface area contributed by atoms with E-state index < -0.39 is 6.04 Å². The summed E-state index contributed by atoms with van der Waals surface area (Å²) in [4.78, 5) is 27.1. The highest BCUT2D eigenvalue weighted by molar-refractivity contribution is 5.98. The predicted molar refractivity (Wildman–Crippen MR) is 99.7 cm³/mol. The first kappa shape index (κ1) is 18.3. The minimum atomic E-state index is -0.480. The zero-order valence-corrected chi connectivity index (χ0v) is 15.3. The number of carbonyl (C=O) groups is 2. The number of rotatable bonds is 5. The second kappa shape index (κ2) is 7.88. The number of nitrogens with zero attached hydrogens (tertiary/aromatic N) is 1. The Morgan fingerprint density at radius 2 is 1.89 bits per heavy atom. The minimum Gasteiger partial charge on any atom is -0.454 e. The highest BCUT2D eigenvalue weighted by Gasteiger charge is 2.34. The Morgan fingerprint density at radius 1 is 1.11 bits per heavy atom. The van der Waals surface area contributed by atoms with E-state index in [1.807, 2.05) is 0 Å². The Morgan fingerprint density at radius 3 is 2.71 bits per heavy atom. The van der Waals surface area contributed by atoms with Crippen molar-refractivity contribution in [1.82, 2.24) is 10.2 Å². The average Bonchev–Trinajstić information content (AvgIpc) is 3.37. The maximum Gasteiger partial charge on any atom is 0.254 e. The van der Waals surface area contributed by atoms with Crippen molar-refractivity contribution in [2.24, 2.45) is 0 Å². The van der Waals surface area contributed by atoms with E-state index in [-0.39, 0.29) is 24.4 Å². The smallest absolute Gasteiger partial charge is 0.254 e. The third-order valence-corrected chi connectivity index (χ3v) is 5.06. The van der Waals surface area contributed by atoms with E-state index in [9.17, 15) is 14.0 Å². The molecule has 2 aliphatic heterocycles. The van der Waals surface area contributed by atoms with Crippen LogP contribution < -0.4 is 14.8 Å². The molecule has 2 heterocycles. The summed E-state index contributed by atoms with van der Waals surface area (Å²) in [5.41, 5.74) is 1.43. The molecule has 1 saturated heterocycles. The molecule has 0 aliphatic carbocycles. The Hall–Kier alpha value is -3.09. The molecule has 2 aromatic carbocycles. The zero-order valence-electron chi connectivity index (χ0n) is 15.3. The van der Waals surface area contributed by atoms with Crippen LogP contribution >= 0.6 is 0 Å². The Bertz CT molecular complexity index is 884. The van der Waals surface area contributed by atoms with Crippen LogP contribution in [-0.2, 0) is 11.2 Å². The summed E-state index contributed by atoms with van der Waals surface area (Å²) in [6.45, 7) is 1.13. The average molecular weight is 384 g/mol. The monoisotopic (exact) mass is 384 g/mol. The molecule has 0 aromatic heterocycles. The molecule has 0 radical (unpaired) electrons. The number of likely N-dealkylation sites (tertiary alicyclic amines) is 1. The van der Waals surface area contributed by atoms with Crippen LogP contribution in [0.4, 0.5) is 4.39 Å². The number of nitrogens with one attached hydrogen (secondary N) is 1. The van der Waals surface area contributed by atoms with E-state index in [0.29, 0.717) is 43.0 Å². The first-order valence-electron chi connectivity index (χ1n) is 9.34. The van der Waals surface area contributed by atoms with Gasteiger partial charge in [0.15, 0.2) is 11.5 Å². The van der Waals surface area contributed by atoms with Gasteiger partial charge in [0.25, 0.3) is 5.91 Å². The summed E-state index contributed by atoms with van der Waals surface area (Å²) in [5.74, 6) is 0.540. The van der Waals surface area contributed by atoms with Crippen molar-refractivity contribution in [3.05, 3.63) is 59.4 Å². The standard InChI is InChI=1S/C21H21FN2O4/c22-16-6-3-14(4-7-16)9-10-23-20(25)17-2-1-11-24(17)21(26)15-5-8-18-19(12-15)28-13-27-18/h3-8,12,17H,1-2,9-11,13H2,(H,23,25). The second-order valence-corrected chi connectivity index (χ2v) is 6.89. The predicted octanol–water partition coefficient (Wildman–Crippen LogP) is 2.52. The van der Waals surface area contributed by atoms with Crippen molar-refractivity contribution >= 4 is 11.8 Å². The van der Waals surface area contributed by atoms with Gasteiger partial charge in [-0.2, -0.15) is 0 Å². The van der Waals surface area contributed by atoms with E-state index in [2.05, 4.69) is 5.32 Å². The molecule has 4 rings (SSSR count). The first-order valence-corrected chi connectivity index (χ1v) is 9.34. The molecule has 0 bridgehead atoms. The lowest BCUT2D eigenvalue weighted by Crippen LogP contribution is -2.46. The maximum absolute atomic E-state index is 13.0. The summed E-state index contributed by atoms with van der Waals surface area (Å²) < 4.78 is 23.6. The molecule has 2 amide bonds. The molecule has 2 aliphatic rings. The molecule has 2 aromatic rings. The van der Waals surface area contributed by atoms with Gasteiger partial charge in [-0.1, -0.05) is 12.1 Å². The van der Waals surface area contributed by atoms with Crippen LogP contribution in [0.2, 0.25) is 0 Å². The molecule has 7 heteroatoms. The van der Waals surface area contributed by atoms with Crippen LogP contribution in [0.25, 0.3) is 0 Å². The fourth-order valence-electron chi connectivity index (χ4n) is 3.58. The lowest BCUT2D eigenvalue weighted by Gasteiger charge is -2.24. The van der Waals surface area contributed by atoms with Gasteiger partial charge in [0.2, 0.25) is 12.7 Å². The Labute approximate surface area is 162 Å². The van der Waals surface area contributed by atoms with E-state index in [1.54, 1.807) is 35.2 Å². The molecular formula is C21H21FN2O4. The van der Waals surface area contributed by atoms with Crippen molar-refractivity contribution in [1.29, 1.82) is 0 Å². The number of hydrogen-bond donors (Lipinski definition) is 1. The SMILES string of the molecule is O=C(NCCc1ccc(F)cc1)C1CCCN1C(=O)c1ccc2c(c1)OCO2. The van der Waals surface area contributed by atoms with Gasteiger partial charge in [-0.05, 0) is 55.2 Å². The Kier molecular flexibility index (Phi) is 5.14. The van der Waals surface area contributed by atoms with Crippen molar-refractivity contribution in [2.75, 3.05) is 19.9 Å². The molecule has 146 valence electrons. The molecular weight excluding hydrogens is 363 g/mol. The second-order valence-electron chi connectivity index (χ2n) is 6.89. The highest BCUT2D eigenvalue weighted by atomic mass is 19.1. The third kappa shape index (κ3) is 3.78. The summed E-state index contributed by atoms with van der Waals surface area (Å²) in [6.07, 6.45) is 2.03. The molecule has 1 unspecified atom stereocenters. The summed E-state index contributed by atoms with van der Waals surface area (Å²) in [7, 11) is 0. The summed E-state index contributed by atoms with van der Waals surface area (Å²) in [5, 5.41) is 2.89. The molecule has 0 saturated carbocycles. The quantitative estimate of drug-likeness (QED) is 0.860. The fourth-order valence-corrected chi connectivity index (χ4v) is 3.58. The van der Waals surface area contributed by atoms with Crippen LogP contribution in [0.5, 0.6) is 11.5 Å². The van der Waals surface area contributed by atoms with Crippen LogP contribution in [-0.4, -0.2) is 42.6 Å². The number of hydrogen-bond acceptors (Lipinski definition) is 4. The highest BCUT2D eigenvalue weighted by Crippen LogP contribution is 2.33. The molecule has 0 spiro atoms. The van der Waals surface area contributed by atoms with Gasteiger partial charge in [0.05, 0.1) is 0 Å².